The Hall–Kier alpha value is -2.37. The molecule has 0 unspecified atom stereocenters. The van der Waals surface area contributed by atoms with Gasteiger partial charge in [0.1, 0.15) is 11.5 Å². The smallest absolute Gasteiger partial charge is 0.508 e. The van der Waals surface area contributed by atoms with E-state index in [0.717, 1.165) is 5.56 Å². The predicted molar refractivity (Wildman–Crippen MR) is 68.6 cm³/mol. The largest absolute Gasteiger partial charge is 0.573 e. The lowest BCUT2D eigenvalue weighted by Gasteiger charge is -2.11. The van der Waals surface area contributed by atoms with Gasteiger partial charge in [0, 0.05) is 18.3 Å². The van der Waals surface area contributed by atoms with Gasteiger partial charge in [0.25, 0.3) is 0 Å². The first-order chi connectivity index (χ1) is 9.42. The molecule has 2 N–H and O–H groups in total. The van der Waals surface area contributed by atoms with Crippen LogP contribution in [0.15, 0.2) is 48.5 Å². The third-order valence-corrected chi connectivity index (χ3v) is 2.50. The van der Waals surface area contributed by atoms with Crippen molar-refractivity contribution in [3.05, 3.63) is 54.1 Å². The molecule has 2 rings (SSSR count). The van der Waals surface area contributed by atoms with Crippen LogP contribution in [0.4, 0.5) is 18.9 Å². The number of ether oxygens (including phenoxy) is 1. The molecular formula is C14H12F3NO2. The van der Waals surface area contributed by atoms with Crippen LogP contribution >= 0.6 is 0 Å². The van der Waals surface area contributed by atoms with Crippen LogP contribution in [-0.2, 0) is 6.54 Å². The fraction of sp³-hybridized carbons (Fsp3) is 0.143. The lowest BCUT2D eigenvalue weighted by Crippen LogP contribution is -2.17. The number of hydrogen-bond acceptors (Lipinski definition) is 3. The summed E-state index contributed by atoms with van der Waals surface area (Å²) in [5.74, 6) is -0.109. The van der Waals surface area contributed by atoms with Gasteiger partial charge in [0.05, 0.1) is 0 Å². The van der Waals surface area contributed by atoms with Gasteiger partial charge in [-0.25, -0.2) is 0 Å². The van der Waals surface area contributed by atoms with Crippen molar-refractivity contribution in [3.8, 4) is 11.5 Å². The molecule has 0 atom stereocenters. The van der Waals surface area contributed by atoms with E-state index in [0.29, 0.717) is 12.2 Å². The molecule has 0 fully saturated rings. The summed E-state index contributed by atoms with van der Waals surface area (Å²) < 4.78 is 40.1. The highest BCUT2D eigenvalue weighted by Gasteiger charge is 2.31. The molecule has 0 saturated carbocycles. The summed E-state index contributed by atoms with van der Waals surface area (Å²) >= 11 is 0. The quantitative estimate of drug-likeness (QED) is 0.894. The van der Waals surface area contributed by atoms with Crippen molar-refractivity contribution >= 4 is 5.69 Å². The van der Waals surface area contributed by atoms with E-state index in [1.165, 1.54) is 18.2 Å². The van der Waals surface area contributed by atoms with E-state index in [4.69, 9.17) is 5.11 Å². The number of alkyl halides is 3. The zero-order valence-corrected chi connectivity index (χ0v) is 10.3. The minimum absolute atomic E-state index is 0.161. The SMILES string of the molecule is Oc1ccc(CNc2cccc(OC(F)(F)F)c2)cc1. The monoisotopic (exact) mass is 283 g/mol. The molecule has 0 aliphatic rings. The highest BCUT2D eigenvalue weighted by atomic mass is 19.4. The molecule has 2 aromatic rings. The van der Waals surface area contributed by atoms with Crippen LogP contribution in [-0.4, -0.2) is 11.5 Å². The molecule has 20 heavy (non-hydrogen) atoms. The molecule has 0 bridgehead atoms. The summed E-state index contributed by atoms with van der Waals surface area (Å²) in [7, 11) is 0. The average Bonchev–Trinajstić information content (AvgIpc) is 2.36. The third-order valence-electron chi connectivity index (χ3n) is 2.50. The van der Waals surface area contributed by atoms with Crippen molar-refractivity contribution < 1.29 is 23.0 Å². The summed E-state index contributed by atoms with van der Waals surface area (Å²) in [5.41, 5.74) is 1.41. The lowest BCUT2D eigenvalue weighted by atomic mass is 10.2. The van der Waals surface area contributed by atoms with E-state index < -0.39 is 6.36 Å². The minimum Gasteiger partial charge on any atom is -0.508 e. The first kappa shape index (κ1) is 14.0. The molecule has 0 saturated heterocycles. The number of halogens is 3. The summed E-state index contributed by atoms with van der Waals surface area (Å²) in [6.45, 7) is 0.426. The van der Waals surface area contributed by atoms with Crippen LogP contribution in [0.2, 0.25) is 0 Å². The fourth-order valence-electron chi connectivity index (χ4n) is 1.62. The lowest BCUT2D eigenvalue weighted by molar-refractivity contribution is -0.274. The first-order valence-corrected chi connectivity index (χ1v) is 5.80. The second kappa shape index (κ2) is 5.73. The standard InChI is InChI=1S/C14H12F3NO2/c15-14(16,17)20-13-3-1-2-11(8-13)18-9-10-4-6-12(19)7-5-10/h1-8,18-19H,9H2. The van der Waals surface area contributed by atoms with Gasteiger partial charge in [-0.3, -0.25) is 0 Å². The van der Waals surface area contributed by atoms with E-state index in [1.807, 2.05) is 0 Å². The first-order valence-electron chi connectivity index (χ1n) is 5.80. The Balaban J connectivity index is 1.99. The fourth-order valence-corrected chi connectivity index (χ4v) is 1.62. The zero-order chi connectivity index (χ0) is 14.6. The molecule has 0 spiro atoms. The minimum atomic E-state index is -4.70. The summed E-state index contributed by atoms with van der Waals surface area (Å²) in [6.07, 6.45) is -4.70. The molecule has 2 aromatic carbocycles. The molecule has 0 aliphatic heterocycles. The van der Waals surface area contributed by atoms with Crippen molar-refractivity contribution in [2.45, 2.75) is 12.9 Å². The second-order valence-corrected chi connectivity index (χ2v) is 4.10. The van der Waals surface area contributed by atoms with E-state index in [9.17, 15) is 13.2 Å². The molecule has 0 aromatic heterocycles. The molecule has 6 heteroatoms. The van der Waals surface area contributed by atoms with E-state index >= 15 is 0 Å². The topological polar surface area (TPSA) is 41.5 Å². The van der Waals surface area contributed by atoms with Crippen molar-refractivity contribution in [1.82, 2.24) is 0 Å². The van der Waals surface area contributed by atoms with Crippen molar-refractivity contribution in [3.63, 3.8) is 0 Å². The summed E-state index contributed by atoms with van der Waals surface area (Å²) in [4.78, 5) is 0. The van der Waals surface area contributed by atoms with Gasteiger partial charge in [-0.2, -0.15) is 0 Å². The van der Waals surface area contributed by atoms with Gasteiger partial charge in [0.2, 0.25) is 0 Å². The number of anilines is 1. The van der Waals surface area contributed by atoms with Gasteiger partial charge >= 0.3 is 6.36 Å². The highest BCUT2D eigenvalue weighted by molar-refractivity contribution is 5.48. The van der Waals surface area contributed by atoms with Crippen LogP contribution in [0, 0.1) is 0 Å². The van der Waals surface area contributed by atoms with Gasteiger partial charge in [-0.05, 0) is 29.8 Å². The third kappa shape index (κ3) is 4.38. The van der Waals surface area contributed by atoms with E-state index in [-0.39, 0.29) is 11.5 Å². The number of aromatic hydroxyl groups is 1. The van der Waals surface area contributed by atoms with Crippen molar-refractivity contribution in [1.29, 1.82) is 0 Å². The van der Waals surface area contributed by atoms with Crippen LogP contribution in [0.3, 0.4) is 0 Å². The Morgan fingerprint density at radius 2 is 1.75 bits per heavy atom. The summed E-state index contributed by atoms with van der Waals surface area (Å²) in [6, 6.07) is 12.1. The molecule has 0 aliphatic carbocycles. The Morgan fingerprint density at radius 3 is 2.40 bits per heavy atom. The van der Waals surface area contributed by atoms with Gasteiger partial charge in [-0.1, -0.05) is 18.2 Å². The van der Waals surface area contributed by atoms with E-state index in [2.05, 4.69) is 10.1 Å². The maximum absolute atomic E-state index is 12.1. The number of rotatable bonds is 4. The van der Waals surface area contributed by atoms with Gasteiger partial charge < -0.3 is 15.2 Å². The number of phenols is 1. The molecule has 0 radical (unpaired) electrons. The van der Waals surface area contributed by atoms with Crippen molar-refractivity contribution in [2.24, 2.45) is 0 Å². The second-order valence-electron chi connectivity index (χ2n) is 4.10. The maximum atomic E-state index is 12.1. The Morgan fingerprint density at radius 1 is 1.05 bits per heavy atom. The maximum Gasteiger partial charge on any atom is 0.573 e. The van der Waals surface area contributed by atoms with Crippen molar-refractivity contribution in [2.75, 3.05) is 5.32 Å². The number of nitrogens with one attached hydrogen (secondary N) is 1. The average molecular weight is 283 g/mol. The molecular weight excluding hydrogens is 271 g/mol. The van der Waals surface area contributed by atoms with Crippen LogP contribution in [0.5, 0.6) is 11.5 Å². The number of benzene rings is 2. The Labute approximate surface area is 113 Å². The predicted octanol–water partition coefficient (Wildman–Crippen LogP) is 3.90. The van der Waals surface area contributed by atoms with Crippen LogP contribution in [0.1, 0.15) is 5.56 Å². The van der Waals surface area contributed by atoms with Gasteiger partial charge in [0.15, 0.2) is 0 Å². The van der Waals surface area contributed by atoms with Gasteiger partial charge in [-0.15, -0.1) is 13.2 Å². The zero-order valence-electron chi connectivity index (χ0n) is 10.3. The van der Waals surface area contributed by atoms with E-state index in [1.54, 1.807) is 30.3 Å². The molecule has 106 valence electrons. The molecule has 0 heterocycles. The normalized spacial score (nSPS) is 11.2. The highest BCUT2D eigenvalue weighted by Crippen LogP contribution is 2.25. The van der Waals surface area contributed by atoms with Crippen LogP contribution in [0.25, 0.3) is 0 Å². The number of phenolic OH excluding ortho intramolecular Hbond substituents is 1. The Kier molecular flexibility index (Phi) is 4.02. The van der Waals surface area contributed by atoms with Crippen LogP contribution < -0.4 is 10.1 Å². The Bertz CT molecular complexity index is 567. The number of hydrogen-bond donors (Lipinski definition) is 2. The molecule has 3 nitrogen and oxygen atoms in total. The molecule has 0 amide bonds. The summed E-state index contributed by atoms with van der Waals surface area (Å²) in [5, 5.41) is 12.1.